The lowest BCUT2D eigenvalue weighted by molar-refractivity contribution is -0.138. The molecule has 2 atom stereocenters. The van der Waals surface area contributed by atoms with Crippen molar-refractivity contribution in [2.45, 2.75) is 28.0 Å². The minimum atomic E-state index is -4.70. The third kappa shape index (κ3) is 6.01. The first kappa shape index (κ1) is 34.7. The summed E-state index contributed by atoms with van der Waals surface area (Å²) in [5.74, 6) is -1.81. The molecule has 1 aliphatic carbocycles. The van der Waals surface area contributed by atoms with Gasteiger partial charge in [0, 0.05) is 11.1 Å². The van der Waals surface area contributed by atoms with Crippen molar-refractivity contribution >= 4 is 69.6 Å². The Kier molecular flexibility index (Phi) is 8.75. The fourth-order valence-electron chi connectivity index (χ4n) is 4.87. The van der Waals surface area contributed by atoms with Crippen LogP contribution in [0.2, 0.25) is 10.0 Å². The molecule has 246 valence electrons. The van der Waals surface area contributed by atoms with Gasteiger partial charge in [0.15, 0.2) is 0 Å². The van der Waals surface area contributed by atoms with Gasteiger partial charge in [-0.25, -0.2) is 8.78 Å². The number of hydrogen-bond donors (Lipinski definition) is 2. The molecule has 0 spiro atoms. The molecule has 0 saturated heterocycles. The highest BCUT2D eigenvalue weighted by molar-refractivity contribution is 6.53. The zero-order chi connectivity index (χ0) is 34.7. The molecule has 1 fully saturated rings. The largest absolute Gasteiger partial charge is 0.416 e. The van der Waals surface area contributed by atoms with Crippen LogP contribution in [0.1, 0.15) is 43.0 Å². The van der Waals surface area contributed by atoms with Crippen LogP contribution in [0.5, 0.6) is 0 Å². The number of rotatable bonds is 6. The van der Waals surface area contributed by atoms with Gasteiger partial charge in [0.05, 0.1) is 32.5 Å². The fourth-order valence-corrected chi connectivity index (χ4v) is 6.06. The number of benzene rings is 4. The van der Waals surface area contributed by atoms with Gasteiger partial charge >= 0.3 is 12.4 Å². The van der Waals surface area contributed by atoms with E-state index in [0.29, 0.717) is 12.1 Å². The number of amides is 2. The molecule has 5 rings (SSSR count). The Morgan fingerprint density at radius 2 is 0.872 bits per heavy atom. The van der Waals surface area contributed by atoms with Crippen molar-refractivity contribution in [3.8, 4) is 0 Å². The van der Waals surface area contributed by atoms with Gasteiger partial charge in [0.1, 0.15) is 0 Å². The van der Waals surface area contributed by atoms with Crippen LogP contribution in [0.25, 0.3) is 0 Å². The standard InChI is InChI=1S/C31H16Cl4F8N2O2/c32-21-11-9-19(29(38,39)40)13-23(21)44-25(46)15-1-5-17(6-2-15)27(36)28(37,31(27,34)35)18-7-3-16(4-8-18)26(47)45-24-14-20(30(41,42)43)10-12-22(24)33/h1-14H,(H,44,46)(H,45,47). The fraction of sp³-hybridized carbons (Fsp3) is 0.161. The van der Waals surface area contributed by atoms with Crippen LogP contribution in [0.15, 0.2) is 84.9 Å². The number of alkyl halides is 10. The van der Waals surface area contributed by atoms with Gasteiger partial charge in [-0.05, 0) is 71.8 Å². The van der Waals surface area contributed by atoms with Crippen molar-refractivity contribution in [2.75, 3.05) is 10.6 Å². The summed E-state index contributed by atoms with van der Waals surface area (Å²) in [6, 6.07) is 13.0. The van der Waals surface area contributed by atoms with Crippen LogP contribution in [0.4, 0.5) is 46.5 Å². The van der Waals surface area contributed by atoms with E-state index in [9.17, 15) is 35.9 Å². The molecule has 16 heteroatoms. The Hall–Kier alpha value is -3.58. The first-order valence-corrected chi connectivity index (χ1v) is 14.6. The van der Waals surface area contributed by atoms with E-state index < -0.39 is 51.0 Å². The second-order valence-corrected chi connectivity index (χ2v) is 12.5. The van der Waals surface area contributed by atoms with Crippen LogP contribution in [-0.4, -0.2) is 16.1 Å². The van der Waals surface area contributed by atoms with E-state index in [0.717, 1.165) is 72.8 Å². The van der Waals surface area contributed by atoms with Gasteiger partial charge in [-0.1, -0.05) is 70.7 Å². The first-order valence-electron chi connectivity index (χ1n) is 13.0. The summed E-state index contributed by atoms with van der Waals surface area (Å²) in [6.07, 6.45) is -9.40. The maximum atomic E-state index is 16.3. The lowest BCUT2D eigenvalue weighted by Crippen LogP contribution is -2.16. The molecule has 0 radical (unpaired) electrons. The van der Waals surface area contributed by atoms with Crippen molar-refractivity contribution in [1.29, 1.82) is 0 Å². The summed E-state index contributed by atoms with van der Waals surface area (Å²) in [4.78, 5) is 25.4. The quantitative estimate of drug-likeness (QED) is 0.153. The molecule has 2 unspecified atom stereocenters. The van der Waals surface area contributed by atoms with Crippen LogP contribution >= 0.6 is 46.4 Å². The Balaban J connectivity index is 1.34. The molecule has 0 heterocycles. The minimum Gasteiger partial charge on any atom is -0.321 e. The number of anilines is 2. The Bertz CT molecular complexity index is 1750. The lowest BCUT2D eigenvalue weighted by Gasteiger charge is -2.14. The molecule has 1 aliphatic rings. The third-order valence-electron chi connectivity index (χ3n) is 7.45. The van der Waals surface area contributed by atoms with Gasteiger partial charge in [0.2, 0.25) is 15.7 Å². The van der Waals surface area contributed by atoms with E-state index in [4.69, 9.17) is 46.4 Å². The SMILES string of the molecule is O=C(Nc1cc(C(F)(F)F)ccc1Cl)c1ccc(C2(F)C(Cl)(Cl)C2(F)c2ccc(C(=O)Nc3cc(C(F)(F)F)ccc3Cl)cc2)cc1. The molecule has 4 aromatic rings. The van der Waals surface area contributed by atoms with E-state index in [2.05, 4.69) is 10.6 Å². The van der Waals surface area contributed by atoms with E-state index >= 15 is 8.78 Å². The van der Waals surface area contributed by atoms with Crippen molar-refractivity contribution in [2.24, 2.45) is 0 Å². The summed E-state index contributed by atoms with van der Waals surface area (Å²) in [7, 11) is 0. The number of halogens is 12. The molecule has 2 N–H and O–H groups in total. The van der Waals surface area contributed by atoms with Crippen molar-refractivity contribution in [3.63, 3.8) is 0 Å². The second-order valence-electron chi connectivity index (χ2n) is 10.3. The van der Waals surface area contributed by atoms with Crippen LogP contribution in [-0.2, 0) is 23.7 Å². The monoisotopic (exact) mass is 740 g/mol. The number of carbonyl (C=O) groups is 2. The molecular weight excluding hydrogens is 726 g/mol. The molecule has 0 aliphatic heterocycles. The van der Waals surface area contributed by atoms with E-state index in [1.54, 1.807) is 0 Å². The Morgan fingerprint density at radius 3 is 1.17 bits per heavy atom. The predicted octanol–water partition coefficient (Wildman–Crippen LogP) is 10.8. The molecular formula is C31H16Cl4F8N2O2. The minimum absolute atomic E-state index is 0.151. The van der Waals surface area contributed by atoms with Gasteiger partial charge < -0.3 is 10.6 Å². The molecule has 47 heavy (non-hydrogen) atoms. The van der Waals surface area contributed by atoms with Gasteiger partial charge in [-0.3, -0.25) is 9.59 Å². The summed E-state index contributed by atoms with van der Waals surface area (Å²) in [6.45, 7) is 0. The average molecular weight is 742 g/mol. The molecule has 2 amide bonds. The molecule has 1 saturated carbocycles. The number of nitrogens with one attached hydrogen (secondary N) is 2. The maximum absolute atomic E-state index is 16.3. The normalized spacial score (nSPS) is 20.4. The predicted molar refractivity (Wildman–Crippen MR) is 162 cm³/mol. The molecule has 4 nitrogen and oxygen atoms in total. The molecule has 0 aromatic heterocycles. The highest BCUT2D eigenvalue weighted by Gasteiger charge is 2.92. The summed E-state index contributed by atoms with van der Waals surface area (Å²) in [5, 5.41) is 4.11. The molecule has 0 bridgehead atoms. The Morgan fingerprint density at radius 1 is 0.553 bits per heavy atom. The number of hydrogen-bond acceptors (Lipinski definition) is 2. The number of carbonyl (C=O) groups excluding carboxylic acids is 2. The molecule has 4 aromatic carbocycles. The van der Waals surface area contributed by atoms with Crippen molar-refractivity contribution in [1.82, 2.24) is 0 Å². The van der Waals surface area contributed by atoms with Crippen LogP contribution < -0.4 is 10.6 Å². The van der Waals surface area contributed by atoms with Crippen molar-refractivity contribution < 1.29 is 44.7 Å². The van der Waals surface area contributed by atoms with E-state index in [-0.39, 0.29) is 43.7 Å². The van der Waals surface area contributed by atoms with Gasteiger partial charge in [0.25, 0.3) is 11.8 Å². The summed E-state index contributed by atoms with van der Waals surface area (Å²) < 4.78 is 108. The van der Waals surface area contributed by atoms with Crippen molar-refractivity contribution in [3.05, 3.63) is 128 Å². The first-order chi connectivity index (χ1) is 21.7. The maximum Gasteiger partial charge on any atom is 0.416 e. The van der Waals surface area contributed by atoms with E-state index in [1.807, 2.05) is 0 Å². The topological polar surface area (TPSA) is 58.2 Å². The average Bonchev–Trinajstić information content (AvgIpc) is 3.37. The summed E-state index contributed by atoms with van der Waals surface area (Å²) >= 11 is 24.1. The highest BCUT2D eigenvalue weighted by Crippen LogP contribution is 2.80. The lowest BCUT2D eigenvalue weighted by atomic mass is 9.98. The smallest absolute Gasteiger partial charge is 0.321 e. The third-order valence-corrected chi connectivity index (χ3v) is 9.15. The van der Waals surface area contributed by atoms with Crippen LogP contribution in [0, 0.1) is 0 Å². The second kappa shape index (κ2) is 11.8. The Labute approximate surface area is 280 Å². The zero-order valence-electron chi connectivity index (χ0n) is 22.9. The van der Waals surface area contributed by atoms with Gasteiger partial charge in [-0.15, -0.1) is 0 Å². The zero-order valence-corrected chi connectivity index (χ0v) is 26.0. The van der Waals surface area contributed by atoms with Gasteiger partial charge in [-0.2, -0.15) is 26.3 Å². The van der Waals surface area contributed by atoms with Crippen LogP contribution in [0.3, 0.4) is 0 Å². The summed E-state index contributed by atoms with van der Waals surface area (Å²) in [5.41, 5.74) is -10.0. The highest BCUT2D eigenvalue weighted by atomic mass is 35.5. The van der Waals surface area contributed by atoms with E-state index in [1.165, 1.54) is 0 Å².